The maximum Gasteiger partial charge on any atom is 0.221 e. The number of hydrogen-bond acceptors (Lipinski definition) is 1. The maximum absolute atomic E-state index is 11.3. The van der Waals surface area contributed by atoms with Gasteiger partial charge in [0.1, 0.15) is 0 Å². The molecule has 1 amide bonds. The molecule has 0 saturated carbocycles. The molecule has 0 aliphatic rings. The lowest BCUT2D eigenvalue weighted by Crippen LogP contribution is -2.07. The summed E-state index contributed by atoms with van der Waals surface area (Å²) < 4.78 is 0. The first-order chi connectivity index (χ1) is 8.97. The predicted octanol–water partition coefficient (Wildman–Crippen LogP) is 4.24. The van der Waals surface area contributed by atoms with Crippen LogP contribution in [-0.2, 0) is 4.79 Å². The average Bonchev–Trinajstić information content (AvgIpc) is 2.33. The third kappa shape index (κ3) is 3.02. The van der Waals surface area contributed by atoms with Gasteiger partial charge in [-0.3, -0.25) is 4.79 Å². The molecular weight excluding hydrogens is 234 g/mol. The summed E-state index contributed by atoms with van der Waals surface area (Å²) in [5, 5.41) is 2.92. The smallest absolute Gasteiger partial charge is 0.221 e. The van der Waals surface area contributed by atoms with E-state index in [0.717, 1.165) is 16.8 Å². The van der Waals surface area contributed by atoms with Crippen molar-refractivity contribution in [1.29, 1.82) is 0 Å². The van der Waals surface area contributed by atoms with Crippen LogP contribution in [0, 0.1) is 20.8 Å². The second kappa shape index (κ2) is 5.27. The van der Waals surface area contributed by atoms with Gasteiger partial charge in [0.15, 0.2) is 0 Å². The van der Waals surface area contributed by atoms with Crippen LogP contribution in [0.2, 0.25) is 0 Å². The lowest BCUT2D eigenvalue weighted by molar-refractivity contribution is -0.114. The Hall–Kier alpha value is -2.09. The number of carbonyl (C=O) groups is 1. The van der Waals surface area contributed by atoms with Crippen LogP contribution in [0.1, 0.15) is 23.6 Å². The summed E-state index contributed by atoms with van der Waals surface area (Å²) >= 11 is 0. The molecule has 0 radical (unpaired) electrons. The summed E-state index contributed by atoms with van der Waals surface area (Å²) in [6.07, 6.45) is 0. The molecule has 0 atom stereocenters. The summed E-state index contributed by atoms with van der Waals surface area (Å²) in [4.78, 5) is 11.3. The minimum Gasteiger partial charge on any atom is -0.326 e. The third-order valence-corrected chi connectivity index (χ3v) is 3.27. The highest BCUT2D eigenvalue weighted by atomic mass is 16.1. The highest BCUT2D eigenvalue weighted by molar-refractivity contribution is 5.94. The number of anilines is 1. The molecule has 19 heavy (non-hydrogen) atoms. The van der Waals surface area contributed by atoms with Gasteiger partial charge in [0.05, 0.1) is 0 Å². The molecule has 0 saturated heterocycles. The predicted molar refractivity (Wildman–Crippen MR) is 80.4 cm³/mol. The zero-order chi connectivity index (χ0) is 14.0. The second-order valence-corrected chi connectivity index (χ2v) is 5.03. The Kier molecular flexibility index (Phi) is 3.70. The molecule has 0 aliphatic carbocycles. The zero-order valence-electron chi connectivity index (χ0n) is 11.9. The van der Waals surface area contributed by atoms with E-state index in [9.17, 15) is 4.79 Å². The summed E-state index contributed by atoms with van der Waals surface area (Å²) in [5.74, 6) is -0.0443. The first kappa shape index (κ1) is 13.3. The summed E-state index contributed by atoms with van der Waals surface area (Å²) in [5.41, 5.74) is 6.70. The SMILES string of the molecule is CC(=O)Nc1cc(C)c(C)cc1-c1cccc(C)c1. The molecule has 2 nitrogen and oxygen atoms in total. The van der Waals surface area contributed by atoms with Crippen LogP contribution in [0.5, 0.6) is 0 Å². The van der Waals surface area contributed by atoms with E-state index < -0.39 is 0 Å². The van der Waals surface area contributed by atoms with E-state index in [1.807, 2.05) is 12.1 Å². The molecule has 0 bridgehead atoms. The Morgan fingerprint density at radius 2 is 1.68 bits per heavy atom. The van der Waals surface area contributed by atoms with E-state index in [-0.39, 0.29) is 5.91 Å². The van der Waals surface area contributed by atoms with Gasteiger partial charge in [-0.15, -0.1) is 0 Å². The normalized spacial score (nSPS) is 10.3. The van der Waals surface area contributed by atoms with Crippen molar-refractivity contribution in [3.8, 4) is 11.1 Å². The average molecular weight is 253 g/mol. The van der Waals surface area contributed by atoms with Gasteiger partial charge >= 0.3 is 0 Å². The highest BCUT2D eigenvalue weighted by Crippen LogP contribution is 2.31. The summed E-state index contributed by atoms with van der Waals surface area (Å²) in [6.45, 7) is 7.75. The van der Waals surface area contributed by atoms with Crippen LogP contribution >= 0.6 is 0 Å². The molecule has 0 unspecified atom stereocenters. The van der Waals surface area contributed by atoms with Crippen molar-refractivity contribution in [3.63, 3.8) is 0 Å². The summed E-state index contributed by atoms with van der Waals surface area (Å²) in [7, 11) is 0. The Morgan fingerprint density at radius 1 is 1.00 bits per heavy atom. The van der Waals surface area contributed by atoms with Gasteiger partial charge in [0, 0.05) is 18.2 Å². The lowest BCUT2D eigenvalue weighted by atomic mass is 9.97. The number of rotatable bonds is 2. The van der Waals surface area contributed by atoms with Crippen molar-refractivity contribution in [2.24, 2.45) is 0 Å². The molecule has 0 fully saturated rings. The molecule has 2 aromatic rings. The fourth-order valence-electron chi connectivity index (χ4n) is 2.16. The maximum atomic E-state index is 11.3. The molecular formula is C17H19NO. The molecule has 1 N–H and O–H groups in total. The van der Waals surface area contributed by atoms with E-state index in [1.165, 1.54) is 23.6 Å². The Bertz CT molecular complexity index is 629. The van der Waals surface area contributed by atoms with Crippen molar-refractivity contribution >= 4 is 11.6 Å². The minimum absolute atomic E-state index is 0.0443. The van der Waals surface area contributed by atoms with Crippen LogP contribution in [0.3, 0.4) is 0 Å². The Labute approximate surface area is 114 Å². The van der Waals surface area contributed by atoms with Crippen LogP contribution in [0.25, 0.3) is 11.1 Å². The standard InChI is InChI=1S/C17H19NO/c1-11-6-5-7-15(8-11)16-9-12(2)13(3)10-17(16)18-14(4)19/h5-10H,1-4H3,(H,18,19). The zero-order valence-corrected chi connectivity index (χ0v) is 11.9. The number of hydrogen-bond donors (Lipinski definition) is 1. The molecule has 0 aliphatic heterocycles. The van der Waals surface area contributed by atoms with Gasteiger partial charge in [-0.25, -0.2) is 0 Å². The molecule has 2 aromatic carbocycles. The quantitative estimate of drug-likeness (QED) is 0.852. The van der Waals surface area contributed by atoms with Gasteiger partial charge in [-0.1, -0.05) is 29.8 Å². The molecule has 2 rings (SSSR count). The van der Waals surface area contributed by atoms with Gasteiger partial charge in [-0.05, 0) is 49.6 Å². The number of amides is 1. The van der Waals surface area contributed by atoms with Crippen molar-refractivity contribution < 1.29 is 4.79 Å². The molecule has 0 aromatic heterocycles. The Morgan fingerprint density at radius 3 is 2.32 bits per heavy atom. The van der Waals surface area contributed by atoms with Crippen LogP contribution in [0.4, 0.5) is 5.69 Å². The third-order valence-electron chi connectivity index (χ3n) is 3.27. The van der Waals surface area contributed by atoms with Gasteiger partial charge in [0.2, 0.25) is 5.91 Å². The van der Waals surface area contributed by atoms with Crippen molar-refractivity contribution in [2.75, 3.05) is 5.32 Å². The number of carbonyl (C=O) groups excluding carboxylic acids is 1. The van der Waals surface area contributed by atoms with Gasteiger partial charge in [0.25, 0.3) is 0 Å². The molecule has 98 valence electrons. The van der Waals surface area contributed by atoms with Crippen LogP contribution in [0.15, 0.2) is 36.4 Å². The Balaban J connectivity index is 2.60. The number of nitrogens with one attached hydrogen (secondary N) is 1. The second-order valence-electron chi connectivity index (χ2n) is 5.03. The van der Waals surface area contributed by atoms with E-state index in [1.54, 1.807) is 0 Å². The van der Waals surface area contributed by atoms with Crippen molar-refractivity contribution in [1.82, 2.24) is 0 Å². The molecule has 0 spiro atoms. The monoisotopic (exact) mass is 253 g/mol. The van der Waals surface area contributed by atoms with Crippen molar-refractivity contribution in [2.45, 2.75) is 27.7 Å². The molecule has 0 heterocycles. The van der Waals surface area contributed by atoms with E-state index >= 15 is 0 Å². The lowest BCUT2D eigenvalue weighted by Gasteiger charge is -2.14. The number of benzene rings is 2. The highest BCUT2D eigenvalue weighted by Gasteiger charge is 2.09. The fraction of sp³-hybridized carbons (Fsp3) is 0.235. The fourth-order valence-corrected chi connectivity index (χ4v) is 2.16. The van der Waals surface area contributed by atoms with E-state index in [0.29, 0.717) is 0 Å². The van der Waals surface area contributed by atoms with Gasteiger partial charge in [-0.2, -0.15) is 0 Å². The summed E-state index contributed by atoms with van der Waals surface area (Å²) in [6, 6.07) is 12.5. The first-order valence-electron chi connectivity index (χ1n) is 6.43. The van der Waals surface area contributed by atoms with Crippen molar-refractivity contribution in [3.05, 3.63) is 53.1 Å². The van der Waals surface area contributed by atoms with Crippen LogP contribution < -0.4 is 5.32 Å². The first-order valence-corrected chi connectivity index (χ1v) is 6.43. The largest absolute Gasteiger partial charge is 0.326 e. The van der Waals surface area contributed by atoms with Gasteiger partial charge < -0.3 is 5.32 Å². The molecule has 2 heteroatoms. The van der Waals surface area contributed by atoms with E-state index in [4.69, 9.17) is 0 Å². The van der Waals surface area contributed by atoms with Crippen LogP contribution in [-0.4, -0.2) is 5.91 Å². The van der Waals surface area contributed by atoms with E-state index in [2.05, 4.69) is 50.4 Å². The minimum atomic E-state index is -0.0443. The number of aryl methyl sites for hydroxylation is 3. The topological polar surface area (TPSA) is 29.1 Å².